The second kappa shape index (κ2) is 11.9. The first-order valence-electron chi connectivity index (χ1n) is 15.0. The summed E-state index contributed by atoms with van der Waals surface area (Å²) in [4.78, 5) is 28.5. The molecule has 2 saturated heterocycles. The number of fused-ring (bicyclic) bond motifs is 2. The van der Waals surface area contributed by atoms with Crippen LogP contribution in [0.4, 0.5) is 10.6 Å². The van der Waals surface area contributed by atoms with E-state index in [9.17, 15) is 4.79 Å². The maximum atomic E-state index is 12.8. The number of anilines is 1. The number of amides is 1. The Kier molecular flexibility index (Phi) is 8.17. The Morgan fingerprint density at radius 2 is 1.91 bits per heavy atom. The van der Waals surface area contributed by atoms with Crippen molar-refractivity contribution in [3.63, 3.8) is 0 Å². The lowest BCUT2D eigenvalue weighted by Crippen LogP contribution is -2.55. The van der Waals surface area contributed by atoms with Gasteiger partial charge in [0.25, 0.3) is 5.88 Å². The first kappa shape index (κ1) is 29.6. The molecule has 0 spiro atoms. The monoisotopic (exact) mass is 609 g/mol. The molecule has 3 atom stereocenters. The van der Waals surface area contributed by atoms with Crippen LogP contribution in [0.2, 0.25) is 5.02 Å². The van der Waals surface area contributed by atoms with Gasteiger partial charge in [-0.15, -0.1) is 0 Å². The minimum absolute atomic E-state index is 0.0627. The Morgan fingerprint density at radius 1 is 1.12 bits per heavy atom. The fourth-order valence-electron chi connectivity index (χ4n) is 6.06. The number of benzene rings is 2. The summed E-state index contributed by atoms with van der Waals surface area (Å²) in [6.07, 6.45) is 1.48. The highest BCUT2D eigenvalue weighted by Crippen LogP contribution is 2.44. The van der Waals surface area contributed by atoms with E-state index in [0.717, 1.165) is 35.7 Å². The van der Waals surface area contributed by atoms with Crippen molar-refractivity contribution in [1.29, 1.82) is 0 Å². The van der Waals surface area contributed by atoms with E-state index in [-0.39, 0.29) is 24.8 Å². The van der Waals surface area contributed by atoms with E-state index in [2.05, 4.69) is 23.8 Å². The van der Waals surface area contributed by atoms with Gasteiger partial charge in [-0.2, -0.15) is 9.97 Å². The Morgan fingerprint density at radius 3 is 2.63 bits per heavy atom. The van der Waals surface area contributed by atoms with Crippen molar-refractivity contribution in [2.75, 3.05) is 51.3 Å². The summed E-state index contributed by atoms with van der Waals surface area (Å²) in [6.45, 7) is 11.0. The number of nitrogens with zero attached hydrogens (tertiary/aromatic N) is 5. The lowest BCUT2D eigenvalue weighted by atomic mass is 10.00. The number of rotatable bonds is 5. The SMILES string of the molecule is C[C@H]1CN(C(=O)OC(C)(C)C)CCN1c1nc(OC[C@@H]2CCCN2C)nc2c1OCC(c1cccc3cccc(Cl)c13)O2. The highest BCUT2D eigenvalue weighted by atomic mass is 35.5. The van der Waals surface area contributed by atoms with Gasteiger partial charge in [-0.05, 0) is 65.6 Å². The number of carbonyl (C=O) groups excluding carboxylic acids is 1. The summed E-state index contributed by atoms with van der Waals surface area (Å²) < 4.78 is 24.8. The summed E-state index contributed by atoms with van der Waals surface area (Å²) in [5.74, 6) is 1.41. The lowest BCUT2D eigenvalue weighted by Gasteiger charge is -2.41. The number of hydrogen-bond acceptors (Lipinski definition) is 9. The quantitative estimate of drug-likeness (QED) is 0.361. The highest BCUT2D eigenvalue weighted by Gasteiger charge is 2.36. The van der Waals surface area contributed by atoms with Crippen LogP contribution in [-0.4, -0.2) is 90.0 Å². The smallest absolute Gasteiger partial charge is 0.410 e. The Labute approximate surface area is 257 Å². The van der Waals surface area contributed by atoms with E-state index in [0.29, 0.717) is 54.8 Å². The summed E-state index contributed by atoms with van der Waals surface area (Å²) in [5, 5.41) is 2.63. The molecule has 0 saturated carbocycles. The molecule has 0 radical (unpaired) electrons. The van der Waals surface area contributed by atoms with E-state index in [4.69, 9.17) is 40.5 Å². The molecule has 2 aromatic carbocycles. The van der Waals surface area contributed by atoms with Gasteiger partial charge in [-0.1, -0.05) is 41.9 Å². The van der Waals surface area contributed by atoms with Crippen molar-refractivity contribution in [2.24, 2.45) is 0 Å². The van der Waals surface area contributed by atoms with Crippen LogP contribution < -0.4 is 19.1 Å². The standard InChI is InChI=1S/C32H40ClN5O5/c1-20-17-37(31(39)43-32(2,3)4)15-16-38(20)28-27-29(35-30(34-28)41-18-22-11-8-14-36(22)5)42-25(19-40-27)23-12-6-9-21-10-7-13-24(33)26(21)23/h6-7,9-10,12-13,20,22,25H,8,11,14-19H2,1-5H3/t20-,22-,25?/m0/s1. The molecule has 0 aliphatic carbocycles. The molecular formula is C32H40ClN5O5. The van der Waals surface area contributed by atoms with Crippen LogP contribution >= 0.6 is 11.6 Å². The fourth-order valence-corrected chi connectivity index (χ4v) is 6.35. The van der Waals surface area contributed by atoms with Crippen LogP contribution in [0.5, 0.6) is 17.6 Å². The molecule has 3 aliphatic heterocycles. The number of carbonyl (C=O) groups is 1. The van der Waals surface area contributed by atoms with E-state index < -0.39 is 11.7 Å². The summed E-state index contributed by atoms with van der Waals surface area (Å²) >= 11 is 6.64. The van der Waals surface area contributed by atoms with Crippen LogP contribution in [-0.2, 0) is 4.74 Å². The van der Waals surface area contributed by atoms with Gasteiger partial charge >= 0.3 is 12.1 Å². The zero-order chi connectivity index (χ0) is 30.3. The van der Waals surface area contributed by atoms with Crippen molar-refractivity contribution in [3.8, 4) is 17.6 Å². The molecule has 11 heteroatoms. The first-order valence-corrected chi connectivity index (χ1v) is 15.4. The van der Waals surface area contributed by atoms with Crippen molar-refractivity contribution in [3.05, 3.63) is 47.0 Å². The number of ether oxygens (including phenoxy) is 4. The molecule has 43 heavy (non-hydrogen) atoms. The fraction of sp³-hybridized carbons (Fsp3) is 0.531. The molecule has 1 aromatic heterocycles. The molecule has 4 heterocycles. The van der Waals surface area contributed by atoms with Gasteiger partial charge in [0, 0.05) is 47.7 Å². The van der Waals surface area contributed by atoms with Crippen molar-refractivity contribution >= 4 is 34.3 Å². The van der Waals surface area contributed by atoms with Gasteiger partial charge in [0.15, 0.2) is 11.9 Å². The topological polar surface area (TPSA) is 89.5 Å². The molecule has 1 unspecified atom stereocenters. The van der Waals surface area contributed by atoms with Gasteiger partial charge in [-0.25, -0.2) is 4.79 Å². The second-order valence-corrected chi connectivity index (χ2v) is 13.0. The number of likely N-dealkylation sites (tertiary alicyclic amines) is 1. The minimum Gasteiger partial charge on any atom is -0.481 e. The molecule has 0 N–H and O–H groups in total. The Balaban J connectivity index is 1.30. The average Bonchev–Trinajstić information content (AvgIpc) is 3.38. The number of likely N-dealkylation sites (N-methyl/N-ethyl adjacent to an activating group) is 1. The maximum Gasteiger partial charge on any atom is 0.410 e. The number of aromatic nitrogens is 2. The molecule has 230 valence electrons. The molecule has 10 nitrogen and oxygen atoms in total. The predicted molar refractivity (Wildman–Crippen MR) is 166 cm³/mol. The Bertz CT molecular complexity index is 1490. The first-order chi connectivity index (χ1) is 20.6. The Hall–Kier alpha value is -3.50. The van der Waals surface area contributed by atoms with E-state index in [1.54, 1.807) is 4.90 Å². The average molecular weight is 610 g/mol. The number of halogens is 1. The summed E-state index contributed by atoms with van der Waals surface area (Å²) in [7, 11) is 2.11. The minimum atomic E-state index is -0.557. The number of hydrogen-bond donors (Lipinski definition) is 0. The third-order valence-electron chi connectivity index (χ3n) is 8.29. The molecule has 2 fully saturated rings. The number of piperazine rings is 1. The second-order valence-electron chi connectivity index (χ2n) is 12.6. The molecular weight excluding hydrogens is 570 g/mol. The van der Waals surface area contributed by atoms with Crippen molar-refractivity contribution in [1.82, 2.24) is 19.8 Å². The van der Waals surface area contributed by atoms with Crippen molar-refractivity contribution in [2.45, 2.75) is 64.3 Å². The third kappa shape index (κ3) is 6.26. The zero-order valence-electron chi connectivity index (χ0n) is 25.5. The van der Waals surface area contributed by atoms with Crippen LogP contribution in [0.3, 0.4) is 0 Å². The summed E-state index contributed by atoms with van der Waals surface area (Å²) in [6, 6.07) is 12.4. The van der Waals surface area contributed by atoms with E-state index in [1.165, 1.54) is 0 Å². The van der Waals surface area contributed by atoms with Crippen LogP contribution in [0.25, 0.3) is 10.8 Å². The molecule has 0 bridgehead atoms. The largest absolute Gasteiger partial charge is 0.481 e. The zero-order valence-corrected chi connectivity index (χ0v) is 26.3. The lowest BCUT2D eigenvalue weighted by molar-refractivity contribution is 0.0217. The van der Waals surface area contributed by atoms with Crippen LogP contribution in [0.1, 0.15) is 52.2 Å². The normalized spacial score (nSPS) is 22.6. The van der Waals surface area contributed by atoms with Gasteiger partial charge in [-0.3, -0.25) is 0 Å². The van der Waals surface area contributed by atoms with E-state index in [1.807, 2.05) is 57.2 Å². The maximum absolute atomic E-state index is 12.8. The van der Waals surface area contributed by atoms with Gasteiger partial charge in [0.2, 0.25) is 5.75 Å². The molecule has 3 aromatic rings. The molecule has 1 amide bonds. The van der Waals surface area contributed by atoms with Crippen LogP contribution in [0.15, 0.2) is 36.4 Å². The third-order valence-corrected chi connectivity index (χ3v) is 8.60. The summed E-state index contributed by atoms with van der Waals surface area (Å²) in [5.41, 5.74) is 0.377. The molecule has 6 rings (SSSR count). The predicted octanol–water partition coefficient (Wildman–Crippen LogP) is 5.71. The highest BCUT2D eigenvalue weighted by molar-refractivity contribution is 6.35. The van der Waals surface area contributed by atoms with E-state index >= 15 is 0 Å². The van der Waals surface area contributed by atoms with Gasteiger partial charge < -0.3 is 33.6 Å². The van der Waals surface area contributed by atoms with Crippen molar-refractivity contribution < 1.29 is 23.7 Å². The van der Waals surface area contributed by atoms with Gasteiger partial charge in [0.05, 0.1) is 0 Å². The van der Waals surface area contributed by atoms with Crippen LogP contribution in [0, 0.1) is 0 Å². The van der Waals surface area contributed by atoms with Gasteiger partial charge in [0.1, 0.15) is 18.8 Å². The molecule has 3 aliphatic rings.